The van der Waals surface area contributed by atoms with Crippen LogP contribution >= 0.6 is 0 Å². The summed E-state index contributed by atoms with van der Waals surface area (Å²) >= 11 is 0. The van der Waals surface area contributed by atoms with Crippen molar-refractivity contribution in [2.24, 2.45) is 5.92 Å². The average molecular weight is 508 g/mol. The van der Waals surface area contributed by atoms with Gasteiger partial charge in [0.2, 0.25) is 10.0 Å². The summed E-state index contributed by atoms with van der Waals surface area (Å²) < 4.78 is 30.8. The van der Waals surface area contributed by atoms with E-state index in [1.54, 1.807) is 24.3 Å². The second-order valence-corrected chi connectivity index (χ2v) is 11.3. The lowest BCUT2D eigenvalue weighted by atomic mass is 9.64. The molecule has 1 unspecified atom stereocenters. The largest absolute Gasteiger partial charge is 0.303 e. The number of carbonyl (C=O) groups is 1. The second-order valence-electron chi connectivity index (χ2n) is 9.57. The quantitative estimate of drug-likeness (QED) is 0.301. The van der Waals surface area contributed by atoms with Crippen LogP contribution in [0.4, 0.5) is 0 Å². The van der Waals surface area contributed by atoms with E-state index in [1.165, 1.54) is 0 Å². The zero-order valence-corrected chi connectivity index (χ0v) is 21.4. The molecule has 0 heterocycles. The van der Waals surface area contributed by atoms with Gasteiger partial charge in [0.05, 0.1) is 10.4 Å². The third-order valence-electron chi connectivity index (χ3n) is 7.21. The highest BCUT2D eigenvalue weighted by Crippen LogP contribution is 2.49. The number of rotatable bonds is 7. The first-order valence-electron chi connectivity index (χ1n) is 12.4. The van der Waals surface area contributed by atoms with Crippen LogP contribution in [0.3, 0.4) is 0 Å². The molecule has 1 aliphatic carbocycles. The van der Waals surface area contributed by atoms with Crippen LogP contribution in [-0.4, -0.2) is 14.7 Å². The van der Waals surface area contributed by atoms with Crippen molar-refractivity contribution < 1.29 is 13.2 Å². The molecule has 0 bridgehead atoms. The summed E-state index contributed by atoms with van der Waals surface area (Å²) in [6.45, 7) is 1.91. The summed E-state index contributed by atoms with van der Waals surface area (Å²) in [5.41, 5.74) is 3.38. The summed E-state index contributed by atoms with van der Waals surface area (Å²) in [5, 5.41) is 0. The summed E-state index contributed by atoms with van der Waals surface area (Å²) in [6.07, 6.45) is 3.49. The molecule has 37 heavy (non-hydrogen) atoms. The van der Waals surface area contributed by atoms with Crippen LogP contribution in [0, 0.1) is 12.8 Å². The molecule has 4 aromatic carbocycles. The van der Waals surface area contributed by atoms with E-state index in [-0.39, 0.29) is 10.8 Å². The minimum absolute atomic E-state index is 0.162. The Labute approximate surface area is 218 Å². The third kappa shape index (κ3) is 4.93. The van der Waals surface area contributed by atoms with Crippen molar-refractivity contribution in [1.29, 1.82) is 0 Å². The molecule has 0 amide bonds. The number of sulfonamides is 1. The lowest BCUT2D eigenvalue weighted by Gasteiger charge is -2.45. The lowest BCUT2D eigenvalue weighted by molar-refractivity contribution is -0.113. The highest BCUT2D eigenvalue weighted by Gasteiger charge is 2.49. The zero-order valence-electron chi connectivity index (χ0n) is 20.6. The molecular formula is C32H29NO3S. The summed E-state index contributed by atoms with van der Waals surface area (Å²) in [5.74, 6) is -0.912. The molecule has 4 nitrogen and oxygen atoms in total. The number of allylic oxidation sites excluding steroid dienone is 1. The van der Waals surface area contributed by atoms with Gasteiger partial charge in [0.25, 0.3) is 0 Å². The zero-order chi connectivity index (χ0) is 25.9. The molecule has 0 saturated carbocycles. The summed E-state index contributed by atoms with van der Waals surface area (Å²) in [6, 6.07) is 36.0. The Kier molecular flexibility index (Phi) is 6.92. The molecule has 3 atom stereocenters. The van der Waals surface area contributed by atoms with Crippen molar-refractivity contribution in [2.75, 3.05) is 0 Å². The molecule has 5 heteroatoms. The Morgan fingerprint density at radius 3 is 1.95 bits per heavy atom. The van der Waals surface area contributed by atoms with Gasteiger partial charge in [0.1, 0.15) is 6.29 Å². The van der Waals surface area contributed by atoms with Crippen LogP contribution in [-0.2, 0) is 20.4 Å². The molecule has 0 fully saturated rings. The smallest absolute Gasteiger partial charge is 0.241 e. The van der Waals surface area contributed by atoms with Crippen molar-refractivity contribution in [2.45, 2.75) is 29.7 Å². The Bertz CT molecular complexity index is 1500. The number of carbonyl (C=O) groups excluding carboxylic acids is 1. The van der Waals surface area contributed by atoms with Crippen LogP contribution in [0.5, 0.6) is 0 Å². The maximum atomic E-state index is 13.9. The minimum atomic E-state index is -3.99. The van der Waals surface area contributed by atoms with Crippen molar-refractivity contribution in [3.8, 4) is 0 Å². The number of nitrogens with one attached hydrogen (secondary N) is 1. The van der Waals surface area contributed by atoms with E-state index in [0.717, 1.165) is 34.1 Å². The normalized spacial score (nSPS) is 21.7. The molecule has 0 aliphatic heterocycles. The van der Waals surface area contributed by atoms with Crippen LogP contribution in [0.25, 0.3) is 5.57 Å². The predicted molar refractivity (Wildman–Crippen MR) is 147 cm³/mol. The van der Waals surface area contributed by atoms with E-state index in [0.29, 0.717) is 6.42 Å². The van der Waals surface area contributed by atoms with Crippen LogP contribution in [0.15, 0.2) is 126 Å². The van der Waals surface area contributed by atoms with E-state index in [4.69, 9.17) is 0 Å². The van der Waals surface area contributed by atoms with E-state index < -0.39 is 21.5 Å². The van der Waals surface area contributed by atoms with Gasteiger partial charge in [-0.05, 0) is 53.7 Å². The SMILES string of the molecule is Cc1ccc(S(=O)(=O)N[C@]2(c3ccccc3)C=C(c3ccccc3)CC(c3ccccc3)[C@H]2C=O)cc1. The first-order valence-corrected chi connectivity index (χ1v) is 13.8. The molecule has 0 aromatic heterocycles. The van der Waals surface area contributed by atoms with Gasteiger partial charge in [0.15, 0.2) is 0 Å². The first kappa shape index (κ1) is 24.9. The Balaban J connectivity index is 1.77. The van der Waals surface area contributed by atoms with Crippen molar-refractivity contribution in [3.63, 3.8) is 0 Å². The molecule has 0 spiro atoms. The molecular weight excluding hydrogens is 478 g/mol. The number of hydrogen-bond donors (Lipinski definition) is 1. The second kappa shape index (κ2) is 10.3. The average Bonchev–Trinajstić information content (AvgIpc) is 2.94. The van der Waals surface area contributed by atoms with Gasteiger partial charge >= 0.3 is 0 Å². The number of aldehydes is 1. The van der Waals surface area contributed by atoms with Crippen LogP contribution in [0.2, 0.25) is 0 Å². The van der Waals surface area contributed by atoms with E-state index in [1.807, 2.05) is 104 Å². The molecule has 1 N–H and O–H groups in total. The first-order chi connectivity index (χ1) is 17.9. The van der Waals surface area contributed by atoms with E-state index in [9.17, 15) is 13.2 Å². The van der Waals surface area contributed by atoms with Crippen LogP contribution < -0.4 is 4.72 Å². The van der Waals surface area contributed by atoms with Crippen molar-refractivity contribution in [3.05, 3.63) is 144 Å². The third-order valence-corrected chi connectivity index (χ3v) is 8.71. The predicted octanol–water partition coefficient (Wildman–Crippen LogP) is 6.26. The number of benzene rings is 4. The van der Waals surface area contributed by atoms with Gasteiger partial charge in [-0.3, -0.25) is 0 Å². The topological polar surface area (TPSA) is 63.2 Å². The fourth-order valence-corrected chi connectivity index (χ4v) is 6.71. The van der Waals surface area contributed by atoms with Gasteiger partial charge in [-0.15, -0.1) is 0 Å². The molecule has 1 aliphatic rings. The maximum Gasteiger partial charge on any atom is 0.241 e. The Hall–Kier alpha value is -3.80. The van der Waals surface area contributed by atoms with Gasteiger partial charge in [-0.1, -0.05) is 115 Å². The van der Waals surface area contributed by atoms with Gasteiger partial charge in [0, 0.05) is 5.92 Å². The van der Waals surface area contributed by atoms with E-state index >= 15 is 0 Å². The summed E-state index contributed by atoms with van der Waals surface area (Å²) in [4.78, 5) is 13.1. The highest BCUT2D eigenvalue weighted by molar-refractivity contribution is 7.89. The molecule has 5 rings (SSSR count). The van der Waals surface area contributed by atoms with Gasteiger partial charge in [-0.25, -0.2) is 8.42 Å². The highest BCUT2D eigenvalue weighted by atomic mass is 32.2. The minimum Gasteiger partial charge on any atom is -0.303 e. The fourth-order valence-electron chi connectivity index (χ4n) is 5.34. The van der Waals surface area contributed by atoms with Crippen LogP contribution in [0.1, 0.15) is 34.6 Å². The standard InChI is InChI=1S/C32H29NO3S/c1-24-17-19-29(20-18-24)37(35,36)33-32(28-15-9-4-10-16-28)22-27(25-11-5-2-6-12-25)21-30(31(32)23-34)26-13-7-3-8-14-26/h2-20,22-23,30-31,33H,21H2,1H3/t30?,31-,32+/m1/s1. The number of hydrogen-bond acceptors (Lipinski definition) is 3. The maximum absolute atomic E-state index is 13.9. The molecule has 4 aromatic rings. The van der Waals surface area contributed by atoms with Crippen molar-refractivity contribution in [1.82, 2.24) is 4.72 Å². The lowest BCUT2D eigenvalue weighted by Crippen LogP contribution is -2.53. The molecule has 0 saturated heterocycles. The Morgan fingerprint density at radius 1 is 0.784 bits per heavy atom. The van der Waals surface area contributed by atoms with Crippen molar-refractivity contribution >= 4 is 21.9 Å². The fraction of sp³-hybridized carbons (Fsp3) is 0.156. The monoisotopic (exact) mass is 507 g/mol. The molecule has 186 valence electrons. The van der Waals surface area contributed by atoms with Gasteiger partial charge < -0.3 is 4.79 Å². The summed E-state index contributed by atoms with van der Waals surface area (Å²) in [7, 11) is -3.99. The molecule has 0 radical (unpaired) electrons. The van der Waals surface area contributed by atoms with Gasteiger partial charge in [-0.2, -0.15) is 4.72 Å². The van der Waals surface area contributed by atoms with E-state index in [2.05, 4.69) is 4.72 Å². The number of aryl methyl sites for hydroxylation is 1. The Morgan fingerprint density at radius 2 is 1.35 bits per heavy atom.